The molecule has 1 saturated heterocycles. The SMILES string of the molecule is CCC1CCCC1NC1CCN(C2CC2)C1. The first-order valence-electron chi connectivity index (χ1n) is 7.37. The Bertz CT molecular complexity index is 237. The van der Waals surface area contributed by atoms with Crippen LogP contribution in [0.3, 0.4) is 0 Å². The number of rotatable bonds is 4. The summed E-state index contributed by atoms with van der Waals surface area (Å²) in [5.41, 5.74) is 0. The molecule has 3 aliphatic rings. The second kappa shape index (κ2) is 4.66. The van der Waals surface area contributed by atoms with Crippen LogP contribution in [0.2, 0.25) is 0 Å². The molecule has 0 amide bonds. The standard InChI is InChI=1S/C14H26N2/c1-2-11-4-3-5-14(11)15-12-8-9-16(10-12)13-6-7-13/h11-15H,2-10H2,1H3. The molecule has 2 nitrogen and oxygen atoms in total. The van der Waals surface area contributed by atoms with E-state index in [2.05, 4.69) is 17.1 Å². The first kappa shape index (κ1) is 11.0. The molecule has 2 saturated carbocycles. The molecule has 0 bridgehead atoms. The number of nitrogens with one attached hydrogen (secondary N) is 1. The predicted octanol–water partition coefficient (Wildman–Crippen LogP) is 2.39. The van der Waals surface area contributed by atoms with Gasteiger partial charge in [-0.1, -0.05) is 19.8 Å². The molecule has 2 aliphatic carbocycles. The Morgan fingerprint density at radius 3 is 2.75 bits per heavy atom. The Kier molecular flexibility index (Phi) is 3.21. The van der Waals surface area contributed by atoms with Crippen molar-refractivity contribution in [2.75, 3.05) is 13.1 Å². The van der Waals surface area contributed by atoms with Crippen LogP contribution in [0, 0.1) is 5.92 Å². The van der Waals surface area contributed by atoms with Crippen molar-refractivity contribution in [3.63, 3.8) is 0 Å². The Hall–Kier alpha value is -0.0800. The average molecular weight is 222 g/mol. The average Bonchev–Trinajstić information content (AvgIpc) is 2.88. The van der Waals surface area contributed by atoms with Gasteiger partial charge in [-0.25, -0.2) is 0 Å². The summed E-state index contributed by atoms with van der Waals surface area (Å²) in [7, 11) is 0. The molecule has 0 spiro atoms. The lowest BCUT2D eigenvalue weighted by Crippen LogP contribution is -2.42. The summed E-state index contributed by atoms with van der Waals surface area (Å²) in [4.78, 5) is 2.72. The first-order chi connectivity index (χ1) is 7.86. The van der Waals surface area contributed by atoms with E-state index < -0.39 is 0 Å². The van der Waals surface area contributed by atoms with Crippen molar-refractivity contribution in [2.24, 2.45) is 5.92 Å². The van der Waals surface area contributed by atoms with Crippen molar-refractivity contribution in [3.8, 4) is 0 Å². The highest BCUT2D eigenvalue weighted by Crippen LogP contribution is 2.32. The third-order valence-corrected chi connectivity index (χ3v) is 4.92. The molecule has 2 heteroatoms. The van der Waals surface area contributed by atoms with Gasteiger partial charge in [0.15, 0.2) is 0 Å². The molecule has 1 aliphatic heterocycles. The largest absolute Gasteiger partial charge is 0.310 e. The first-order valence-corrected chi connectivity index (χ1v) is 7.37. The Balaban J connectivity index is 1.47. The zero-order valence-electron chi connectivity index (χ0n) is 10.6. The van der Waals surface area contributed by atoms with Gasteiger partial charge in [-0.3, -0.25) is 4.90 Å². The molecule has 3 rings (SSSR count). The van der Waals surface area contributed by atoms with Gasteiger partial charge in [0.2, 0.25) is 0 Å². The van der Waals surface area contributed by atoms with Gasteiger partial charge in [-0.2, -0.15) is 0 Å². The van der Waals surface area contributed by atoms with Gasteiger partial charge in [-0.15, -0.1) is 0 Å². The molecule has 0 aromatic carbocycles. The summed E-state index contributed by atoms with van der Waals surface area (Å²) in [6.45, 7) is 5.04. The molecule has 0 aromatic rings. The van der Waals surface area contributed by atoms with E-state index in [1.807, 2.05) is 0 Å². The topological polar surface area (TPSA) is 15.3 Å². The van der Waals surface area contributed by atoms with Gasteiger partial charge in [0.05, 0.1) is 0 Å². The van der Waals surface area contributed by atoms with E-state index in [0.29, 0.717) is 0 Å². The van der Waals surface area contributed by atoms with Crippen LogP contribution in [0.1, 0.15) is 51.9 Å². The van der Waals surface area contributed by atoms with Crippen molar-refractivity contribution in [2.45, 2.75) is 70.0 Å². The van der Waals surface area contributed by atoms with Gasteiger partial charge < -0.3 is 5.32 Å². The maximum Gasteiger partial charge on any atom is 0.0210 e. The second-order valence-electron chi connectivity index (χ2n) is 6.08. The molecular formula is C14H26N2. The molecule has 92 valence electrons. The van der Waals surface area contributed by atoms with Crippen molar-refractivity contribution < 1.29 is 0 Å². The lowest BCUT2D eigenvalue weighted by Gasteiger charge is -2.24. The van der Waals surface area contributed by atoms with Crippen molar-refractivity contribution in [3.05, 3.63) is 0 Å². The summed E-state index contributed by atoms with van der Waals surface area (Å²) in [6.07, 6.45) is 10.0. The molecule has 0 radical (unpaired) electrons. The summed E-state index contributed by atoms with van der Waals surface area (Å²) in [5.74, 6) is 0.968. The zero-order valence-corrected chi connectivity index (χ0v) is 10.6. The molecule has 1 heterocycles. The minimum absolute atomic E-state index is 0.803. The molecule has 16 heavy (non-hydrogen) atoms. The maximum absolute atomic E-state index is 3.95. The molecule has 0 aromatic heterocycles. The van der Waals surface area contributed by atoms with Crippen LogP contribution in [-0.4, -0.2) is 36.1 Å². The smallest absolute Gasteiger partial charge is 0.0210 e. The Morgan fingerprint density at radius 2 is 2.00 bits per heavy atom. The van der Waals surface area contributed by atoms with Crippen LogP contribution in [0.15, 0.2) is 0 Å². The summed E-state index contributed by atoms with van der Waals surface area (Å²) >= 11 is 0. The number of hydrogen-bond donors (Lipinski definition) is 1. The van der Waals surface area contributed by atoms with Crippen LogP contribution in [-0.2, 0) is 0 Å². The minimum Gasteiger partial charge on any atom is -0.310 e. The molecular weight excluding hydrogens is 196 g/mol. The summed E-state index contributed by atoms with van der Waals surface area (Å²) < 4.78 is 0. The molecule has 3 unspecified atom stereocenters. The summed E-state index contributed by atoms with van der Waals surface area (Å²) in [5, 5.41) is 3.95. The van der Waals surface area contributed by atoms with Gasteiger partial charge in [0.25, 0.3) is 0 Å². The minimum atomic E-state index is 0.803. The zero-order chi connectivity index (χ0) is 11.0. The number of hydrogen-bond acceptors (Lipinski definition) is 2. The fourth-order valence-electron chi connectivity index (χ4n) is 3.74. The quantitative estimate of drug-likeness (QED) is 0.786. The van der Waals surface area contributed by atoms with E-state index in [9.17, 15) is 0 Å². The predicted molar refractivity (Wildman–Crippen MR) is 67.6 cm³/mol. The fourth-order valence-corrected chi connectivity index (χ4v) is 3.74. The Labute approximate surface area is 99.8 Å². The van der Waals surface area contributed by atoms with E-state index in [4.69, 9.17) is 0 Å². The normalized spacial score (nSPS) is 40.7. The molecule has 3 atom stereocenters. The van der Waals surface area contributed by atoms with Crippen LogP contribution >= 0.6 is 0 Å². The van der Waals surface area contributed by atoms with Crippen LogP contribution in [0.5, 0.6) is 0 Å². The van der Waals surface area contributed by atoms with Crippen LogP contribution < -0.4 is 5.32 Å². The van der Waals surface area contributed by atoms with E-state index in [1.165, 1.54) is 58.0 Å². The van der Waals surface area contributed by atoms with E-state index in [0.717, 1.165) is 24.0 Å². The van der Waals surface area contributed by atoms with Crippen molar-refractivity contribution in [1.82, 2.24) is 10.2 Å². The van der Waals surface area contributed by atoms with Gasteiger partial charge in [0.1, 0.15) is 0 Å². The van der Waals surface area contributed by atoms with Gasteiger partial charge in [0, 0.05) is 31.2 Å². The number of nitrogens with zero attached hydrogens (tertiary/aromatic N) is 1. The lowest BCUT2D eigenvalue weighted by molar-refractivity contribution is 0.300. The third kappa shape index (κ3) is 2.28. The maximum atomic E-state index is 3.95. The van der Waals surface area contributed by atoms with Gasteiger partial charge in [-0.05, 0) is 38.0 Å². The molecule has 3 fully saturated rings. The lowest BCUT2D eigenvalue weighted by atomic mass is 10.00. The highest BCUT2D eigenvalue weighted by molar-refractivity contribution is 4.94. The van der Waals surface area contributed by atoms with E-state index in [-0.39, 0.29) is 0 Å². The number of likely N-dealkylation sites (tertiary alicyclic amines) is 1. The van der Waals surface area contributed by atoms with E-state index in [1.54, 1.807) is 0 Å². The van der Waals surface area contributed by atoms with Gasteiger partial charge >= 0.3 is 0 Å². The fraction of sp³-hybridized carbons (Fsp3) is 1.00. The Morgan fingerprint density at radius 1 is 1.12 bits per heavy atom. The monoisotopic (exact) mass is 222 g/mol. The summed E-state index contributed by atoms with van der Waals surface area (Å²) in [6, 6.07) is 2.62. The van der Waals surface area contributed by atoms with Crippen LogP contribution in [0.4, 0.5) is 0 Å². The van der Waals surface area contributed by atoms with Crippen LogP contribution in [0.25, 0.3) is 0 Å². The highest BCUT2D eigenvalue weighted by Gasteiger charge is 2.36. The third-order valence-electron chi connectivity index (χ3n) is 4.92. The molecule has 1 N–H and O–H groups in total. The van der Waals surface area contributed by atoms with E-state index >= 15 is 0 Å². The second-order valence-corrected chi connectivity index (χ2v) is 6.08. The van der Waals surface area contributed by atoms with Crippen molar-refractivity contribution in [1.29, 1.82) is 0 Å². The highest BCUT2D eigenvalue weighted by atomic mass is 15.2. The van der Waals surface area contributed by atoms with Crippen molar-refractivity contribution >= 4 is 0 Å².